The number of nitrogens with one attached hydrogen (secondary N) is 2. The lowest BCUT2D eigenvalue weighted by Gasteiger charge is -2.00. The Labute approximate surface area is 128 Å². The number of hydrogen-bond donors (Lipinski definition) is 2. The Bertz CT molecular complexity index is 771. The predicted molar refractivity (Wildman–Crippen MR) is 81.3 cm³/mol. The van der Waals surface area contributed by atoms with Crippen LogP contribution in [0.25, 0.3) is 12.2 Å². The number of aromatic amines is 1. The number of amides is 1. The van der Waals surface area contributed by atoms with Crippen LogP contribution in [0.5, 0.6) is 0 Å². The van der Waals surface area contributed by atoms with E-state index in [0.717, 1.165) is 4.47 Å². The van der Waals surface area contributed by atoms with Gasteiger partial charge in [-0.15, -0.1) is 0 Å². The first-order chi connectivity index (χ1) is 10.0. The van der Waals surface area contributed by atoms with Crippen LogP contribution >= 0.6 is 15.9 Å². The normalized spacial score (nSPS) is 10.8. The molecular formula is C14H11BrFN3O2. The molecule has 0 bridgehead atoms. The Morgan fingerprint density at radius 1 is 1.43 bits per heavy atom. The van der Waals surface area contributed by atoms with Crippen LogP contribution in [-0.4, -0.2) is 22.9 Å². The number of carbonyl (C=O) groups is 1. The molecule has 1 heterocycles. The van der Waals surface area contributed by atoms with Crippen LogP contribution in [0.4, 0.5) is 4.39 Å². The Hall–Kier alpha value is -2.28. The van der Waals surface area contributed by atoms with Crippen molar-refractivity contribution in [1.82, 2.24) is 15.3 Å². The molecule has 21 heavy (non-hydrogen) atoms. The molecule has 0 fully saturated rings. The molecule has 1 aromatic carbocycles. The largest absolute Gasteiger partial charge is 0.355 e. The van der Waals surface area contributed by atoms with Crippen molar-refractivity contribution in [3.05, 3.63) is 62.0 Å². The van der Waals surface area contributed by atoms with Gasteiger partial charge in [0.15, 0.2) is 0 Å². The molecule has 1 aromatic heterocycles. The van der Waals surface area contributed by atoms with E-state index in [4.69, 9.17) is 0 Å². The van der Waals surface area contributed by atoms with Gasteiger partial charge in [0.1, 0.15) is 17.2 Å². The summed E-state index contributed by atoms with van der Waals surface area (Å²) in [6.07, 6.45) is 4.12. The van der Waals surface area contributed by atoms with E-state index in [0.29, 0.717) is 5.56 Å². The highest BCUT2D eigenvalue weighted by Crippen LogP contribution is 2.17. The number of rotatable bonds is 3. The van der Waals surface area contributed by atoms with Crippen molar-refractivity contribution < 1.29 is 9.18 Å². The third-order valence-corrected chi connectivity index (χ3v) is 3.16. The van der Waals surface area contributed by atoms with E-state index in [1.807, 2.05) is 0 Å². The Kier molecular flexibility index (Phi) is 4.64. The van der Waals surface area contributed by atoms with Crippen molar-refractivity contribution in [2.45, 2.75) is 0 Å². The monoisotopic (exact) mass is 351 g/mol. The minimum absolute atomic E-state index is 0.0803. The van der Waals surface area contributed by atoms with Crippen LogP contribution in [0.3, 0.4) is 0 Å². The number of halogens is 2. The molecule has 1 amide bonds. The number of benzene rings is 1. The molecule has 108 valence electrons. The van der Waals surface area contributed by atoms with Gasteiger partial charge >= 0.3 is 0 Å². The van der Waals surface area contributed by atoms with E-state index >= 15 is 0 Å². The molecule has 0 aliphatic rings. The number of aromatic nitrogens is 2. The van der Waals surface area contributed by atoms with Gasteiger partial charge in [0, 0.05) is 23.3 Å². The van der Waals surface area contributed by atoms with Crippen LogP contribution in [0.2, 0.25) is 0 Å². The van der Waals surface area contributed by atoms with Gasteiger partial charge in [0.2, 0.25) is 0 Å². The molecule has 0 saturated carbocycles. The van der Waals surface area contributed by atoms with Gasteiger partial charge in [-0.25, -0.2) is 9.37 Å². The molecule has 2 N–H and O–H groups in total. The number of hydrogen-bond acceptors (Lipinski definition) is 3. The Morgan fingerprint density at radius 2 is 2.19 bits per heavy atom. The van der Waals surface area contributed by atoms with Crippen LogP contribution in [-0.2, 0) is 0 Å². The zero-order chi connectivity index (χ0) is 15.4. The standard InChI is InChI=1S/C14H11BrFN3O2/c1-17-13(20)10-7-18-12(19-14(10)21)5-2-8-6-9(15)3-4-11(8)16/h2-7H,1H3,(H,17,20)(H,18,19,21)/b5-2+. The molecule has 0 saturated heterocycles. The van der Waals surface area contributed by atoms with Gasteiger partial charge in [-0.3, -0.25) is 9.59 Å². The highest BCUT2D eigenvalue weighted by molar-refractivity contribution is 9.10. The zero-order valence-corrected chi connectivity index (χ0v) is 12.6. The summed E-state index contributed by atoms with van der Waals surface area (Å²) in [6, 6.07) is 4.52. The zero-order valence-electron chi connectivity index (χ0n) is 11.0. The maximum absolute atomic E-state index is 13.6. The van der Waals surface area contributed by atoms with Gasteiger partial charge in [-0.05, 0) is 30.4 Å². The van der Waals surface area contributed by atoms with Crippen molar-refractivity contribution in [3.63, 3.8) is 0 Å². The lowest BCUT2D eigenvalue weighted by atomic mass is 10.2. The summed E-state index contributed by atoms with van der Waals surface area (Å²) in [6.45, 7) is 0. The lowest BCUT2D eigenvalue weighted by Crippen LogP contribution is -2.27. The van der Waals surface area contributed by atoms with Crippen LogP contribution in [0, 0.1) is 5.82 Å². The first kappa shape index (κ1) is 15.1. The average molecular weight is 352 g/mol. The highest BCUT2D eigenvalue weighted by atomic mass is 79.9. The topological polar surface area (TPSA) is 74.8 Å². The van der Waals surface area contributed by atoms with E-state index in [1.54, 1.807) is 12.1 Å². The third kappa shape index (κ3) is 3.63. The average Bonchev–Trinajstić information content (AvgIpc) is 2.47. The van der Waals surface area contributed by atoms with Gasteiger partial charge in [0.05, 0.1) is 0 Å². The molecule has 0 radical (unpaired) electrons. The summed E-state index contributed by atoms with van der Waals surface area (Å²) >= 11 is 3.25. The SMILES string of the molecule is CNC(=O)c1cnc(/C=C/c2cc(Br)ccc2F)[nH]c1=O. The molecule has 2 rings (SSSR count). The van der Waals surface area contributed by atoms with Crippen molar-refractivity contribution in [3.8, 4) is 0 Å². The maximum Gasteiger partial charge on any atom is 0.263 e. The molecule has 7 heteroatoms. The van der Waals surface area contributed by atoms with E-state index in [9.17, 15) is 14.0 Å². The fourth-order valence-electron chi connectivity index (χ4n) is 1.60. The Morgan fingerprint density at radius 3 is 2.86 bits per heavy atom. The molecular weight excluding hydrogens is 341 g/mol. The van der Waals surface area contributed by atoms with Gasteiger partial charge < -0.3 is 10.3 Å². The smallest absolute Gasteiger partial charge is 0.263 e. The van der Waals surface area contributed by atoms with E-state index < -0.39 is 17.3 Å². The van der Waals surface area contributed by atoms with Crippen LogP contribution < -0.4 is 10.9 Å². The molecule has 0 aliphatic heterocycles. The molecule has 0 spiro atoms. The molecule has 2 aromatic rings. The first-order valence-corrected chi connectivity index (χ1v) is 6.75. The summed E-state index contributed by atoms with van der Waals surface area (Å²) in [5, 5.41) is 2.34. The minimum atomic E-state index is -0.557. The second-order valence-electron chi connectivity index (χ2n) is 4.09. The van der Waals surface area contributed by atoms with Gasteiger partial charge in [-0.1, -0.05) is 15.9 Å². The van der Waals surface area contributed by atoms with Crippen molar-refractivity contribution in [1.29, 1.82) is 0 Å². The highest BCUT2D eigenvalue weighted by Gasteiger charge is 2.08. The van der Waals surface area contributed by atoms with E-state index in [2.05, 4.69) is 31.2 Å². The second kappa shape index (κ2) is 6.45. The van der Waals surface area contributed by atoms with Crippen molar-refractivity contribution >= 4 is 34.0 Å². The summed E-state index contributed by atoms with van der Waals surface area (Å²) in [4.78, 5) is 29.4. The summed E-state index contributed by atoms with van der Waals surface area (Å²) < 4.78 is 14.3. The van der Waals surface area contributed by atoms with E-state index in [-0.39, 0.29) is 11.4 Å². The fraction of sp³-hybridized carbons (Fsp3) is 0.0714. The number of H-pyrrole nitrogens is 1. The van der Waals surface area contributed by atoms with Gasteiger partial charge in [0.25, 0.3) is 11.5 Å². The quantitative estimate of drug-likeness (QED) is 0.889. The van der Waals surface area contributed by atoms with Gasteiger partial charge in [-0.2, -0.15) is 0 Å². The summed E-state index contributed by atoms with van der Waals surface area (Å²) in [5.74, 6) is -0.678. The predicted octanol–water partition coefficient (Wildman–Crippen LogP) is 2.20. The van der Waals surface area contributed by atoms with Crippen LogP contribution in [0.1, 0.15) is 21.7 Å². The summed E-state index contributed by atoms with van der Waals surface area (Å²) in [5.41, 5.74) is -0.288. The molecule has 0 aliphatic carbocycles. The fourth-order valence-corrected chi connectivity index (χ4v) is 1.98. The number of nitrogens with zero attached hydrogens (tertiary/aromatic N) is 1. The Balaban J connectivity index is 2.30. The number of carbonyl (C=O) groups excluding carboxylic acids is 1. The molecule has 5 nitrogen and oxygen atoms in total. The van der Waals surface area contributed by atoms with E-state index in [1.165, 1.54) is 31.5 Å². The van der Waals surface area contributed by atoms with Crippen molar-refractivity contribution in [2.24, 2.45) is 0 Å². The van der Waals surface area contributed by atoms with Crippen LogP contribution in [0.15, 0.2) is 33.7 Å². The lowest BCUT2D eigenvalue weighted by molar-refractivity contribution is 0.0961. The maximum atomic E-state index is 13.6. The third-order valence-electron chi connectivity index (χ3n) is 2.67. The second-order valence-corrected chi connectivity index (χ2v) is 5.01. The molecule has 0 unspecified atom stereocenters. The van der Waals surface area contributed by atoms with Crippen molar-refractivity contribution in [2.75, 3.05) is 7.05 Å². The summed E-state index contributed by atoms with van der Waals surface area (Å²) in [7, 11) is 1.42. The molecule has 0 atom stereocenters. The first-order valence-electron chi connectivity index (χ1n) is 5.96. The minimum Gasteiger partial charge on any atom is -0.355 e.